The zero-order valence-electron chi connectivity index (χ0n) is 15.5. The summed E-state index contributed by atoms with van der Waals surface area (Å²) in [5, 5.41) is 0. The second kappa shape index (κ2) is 8.59. The SMILES string of the molecule is COc1ccc(CCN2C(=O)/C(=C/c3ccc(C)cc3)SC2=S)cc1OC. The summed E-state index contributed by atoms with van der Waals surface area (Å²) in [5.74, 6) is 1.33. The van der Waals surface area contributed by atoms with E-state index in [1.807, 2.05) is 55.5 Å². The van der Waals surface area contributed by atoms with Gasteiger partial charge in [0, 0.05) is 6.54 Å². The summed E-state index contributed by atoms with van der Waals surface area (Å²) in [5.41, 5.74) is 3.25. The van der Waals surface area contributed by atoms with Crippen LogP contribution in [-0.4, -0.2) is 35.9 Å². The lowest BCUT2D eigenvalue weighted by molar-refractivity contribution is -0.122. The Morgan fingerprint density at radius 1 is 1.07 bits per heavy atom. The van der Waals surface area contributed by atoms with Crippen molar-refractivity contribution in [3.05, 3.63) is 64.1 Å². The molecule has 2 aromatic rings. The number of thioether (sulfide) groups is 1. The van der Waals surface area contributed by atoms with E-state index in [0.717, 1.165) is 11.1 Å². The van der Waals surface area contributed by atoms with E-state index in [1.165, 1.54) is 17.3 Å². The fourth-order valence-corrected chi connectivity index (χ4v) is 4.09. The number of rotatable bonds is 6. The third kappa shape index (κ3) is 4.51. The minimum atomic E-state index is -0.0361. The molecule has 6 heteroatoms. The Morgan fingerprint density at radius 3 is 2.44 bits per heavy atom. The predicted octanol–water partition coefficient (Wildman–Crippen LogP) is 4.46. The van der Waals surface area contributed by atoms with Gasteiger partial charge in [-0.05, 0) is 42.7 Å². The van der Waals surface area contributed by atoms with Crippen molar-refractivity contribution in [2.24, 2.45) is 0 Å². The van der Waals surface area contributed by atoms with E-state index in [1.54, 1.807) is 19.1 Å². The molecule has 0 unspecified atom stereocenters. The number of methoxy groups -OCH3 is 2. The van der Waals surface area contributed by atoms with E-state index in [-0.39, 0.29) is 5.91 Å². The highest BCUT2D eigenvalue weighted by molar-refractivity contribution is 8.26. The van der Waals surface area contributed by atoms with E-state index < -0.39 is 0 Å². The molecule has 3 rings (SSSR count). The van der Waals surface area contributed by atoms with Crippen LogP contribution in [0, 0.1) is 6.92 Å². The van der Waals surface area contributed by atoms with Crippen LogP contribution >= 0.6 is 24.0 Å². The second-order valence-electron chi connectivity index (χ2n) is 6.18. The van der Waals surface area contributed by atoms with Gasteiger partial charge in [0.1, 0.15) is 4.32 Å². The van der Waals surface area contributed by atoms with Gasteiger partial charge < -0.3 is 9.47 Å². The lowest BCUT2D eigenvalue weighted by atomic mass is 10.1. The van der Waals surface area contributed by atoms with Crippen LogP contribution in [0.5, 0.6) is 11.5 Å². The molecule has 0 spiro atoms. The maximum Gasteiger partial charge on any atom is 0.266 e. The standard InChI is InChI=1S/C21H21NO3S2/c1-14-4-6-15(7-5-14)13-19-20(23)22(21(26)27-19)11-10-16-8-9-17(24-2)18(12-16)25-3/h4-9,12-13H,10-11H2,1-3H3/b19-13-. The van der Waals surface area contributed by atoms with Crippen LogP contribution in [-0.2, 0) is 11.2 Å². The van der Waals surface area contributed by atoms with Crippen molar-refractivity contribution in [3.8, 4) is 11.5 Å². The van der Waals surface area contributed by atoms with Crippen LogP contribution in [0.15, 0.2) is 47.4 Å². The summed E-state index contributed by atoms with van der Waals surface area (Å²) in [7, 11) is 3.22. The number of amides is 1. The van der Waals surface area contributed by atoms with Crippen molar-refractivity contribution < 1.29 is 14.3 Å². The van der Waals surface area contributed by atoms with Gasteiger partial charge in [0.25, 0.3) is 5.91 Å². The van der Waals surface area contributed by atoms with Gasteiger partial charge in [0.05, 0.1) is 19.1 Å². The highest BCUT2D eigenvalue weighted by Crippen LogP contribution is 2.33. The molecule has 0 aromatic heterocycles. The molecule has 0 bridgehead atoms. The average molecular weight is 400 g/mol. The van der Waals surface area contributed by atoms with Crippen LogP contribution in [0.4, 0.5) is 0 Å². The zero-order valence-corrected chi connectivity index (χ0v) is 17.2. The molecule has 2 aromatic carbocycles. The first kappa shape index (κ1) is 19.5. The number of nitrogens with zero attached hydrogens (tertiary/aromatic N) is 1. The summed E-state index contributed by atoms with van der Waals surface area (Å²) < 4.78 is 11.2. The summed E-state index contributed by atoms with van der Waals surface area (Å²) >= 11 is 6.77. The highest BCUT2D eigenvalue weighted by atomic mass is 32.2. The molecule has 1 aliphatic rings. The van der Waals surface area contributed by atoms with Gasteiger partial charge in [-0.15, -0.1) is 0 Å². The predicted molar refractivity (Wildman–Crippen MR) is 114 cm³/mol. The molecule has 0 atom stereocenters. The number of benzene rings is 2. The van der Waals surface area contributed by atoms with Gasteiger partial charge in [-0.25, -0.2) is 0 Å². The Kier molecular flexibility index (Phi) is 6.19. The van der Waals surface area contributed by atoms with Crippen LogP contribution < -0.4 is 9.47 Å². The summed E-state index contributed by atoms with van der Waals surface area (Å²) in [4.78, 5) is 15.1. The molecule has 1 heterocycles. The molecule has 1 saturated heterocycles. The van der Waals surface area contributed by atoms with Crippen molar-refractivity contribution in [1.82, 2.24) is 4.90 Å². The Hall–Kier alpha value is -2.31. The molecule has 4 nitrogen and oxygen atoms in total. The minimum Gasteiger partial charge on any atom is -0.493 e. The molecule has 0 N–H and O–H groups in total. The smallest absolute Gasteiger partial charge is 0.266 e. The maximum absolute atomic E-state index is 12.7. The monoisotopic (exact) mass is 399 g/mol. The molecule has 0 aliphatic carbocycles. The third-order valence-corrected chi connectivity index (χ3v) is 5.70. The fourth-order valence-electron chi connectivity index (χ4n) is 2.78. The molecule has 1 aliphatic heterocycles. The lowest BCUT2D eigenvalue weighted by Crippen LogP contribution is -2.30. The van der Waals surface area contributed by atoms with E-state index in [2.05, 4.69) is 0 Å². The zero-order chi connectivity index (χ0) is 19.4. The molecule has 0 saturated carbocycles. The molecule has 1 amide bonds. The van der Waals surface area contributed by atoms with Crippen molar-refractivity contribution in [1.29, 1.82) is 0 Å². The van der Waals surface area contributed by atoms with Gasteiger partial charge in [-0.3, -0.25) is 9.69 Å². The molecule has 0 radical (unpaired) electrons. The number of hydrogen-bond acceptors (Lipinski definition) is 5. The molecule has 27 heavy (non-hydrogen) atoms. The summed E-state index contributed by atoms with van der Waals surface area (Å²) in [6.07, 6.45) is 2.58. The van der Waals surface area contributed by atoms with Gasteiger partial charge in [-0.2, -0.15) is 0 Å². The number of thiocarbonyl (C=S) groups is 1. The van der Waals surface area contributed by atoms with Gasteiger partial charge in [0.2, 0.25) is 0 Å². The average Bonchev–Trinajstić information content (AvgIpc) is 2.94. The first-order valence-electron chi connectivity index (χ1n) is 8.54. The maximum atomic E-state index is 12.7. The fraction of sp³-hybridized carbons (Fsp3) is 0.238. The van der Waals surface area contributed by atoms with Crippen LogP contribution in [0.3, 0.4) is 0 Å². The van der Waals surface area contributed by atoms with Crippen LogP contribution in [0.25, 0.3) is 6.08 Å². The summed E-state index contributed by atoms with van der Waals surface area (Å²) in [6.45, 7) is 2.57. The highest BCUT2D eigenvalue weighted by Gasteiger charge is 2.31. The Morgan fingerprint density at radius 2 is 1.78 bits per heavy atom. The summed E-state index contributed by atoms with van der Waals surface area (Å²) in [6, 6.07) is 13.8. The number of ether oxygens (including phenoxy) is 2. The van der Waals surface area contributed by atoms with Crippen LogP contribution in [0.1, 0.15) is 16.7 Å². The normalized spacial score (nSPS) is 15.5. The van der Waals surface area contributed by atoms with Crippen molar-refractivity contribution in [3.63, 3.8) is 0 Å². The van der Waals surface area contributed by atoms with E-state index in [9.17, 15) is 4.79 Å². The topological polar surface area (TPSA) is 38.8 Å². The molecular formula is C21H21NO3S2. The lowest BCUT2D eigenvalue weighted by Gasteiger charge is -2.15. The second-order valence-corrected chi connectivity index (χ2v) is 7.86. The Balaban J connectivity index is 1.70. The first-order valence-corrected chi connectivity index (χ1v) is 9.77. The largest absolute Gasteiger partial charge is 0.493 e. The van der Waals surface area contributed by atoms with Gasteiger partial charge in [-0.1, -0.05) is 59.9 Å². The van der Waals surface area contributed by atoms with Gasteiger partial charge in [0.15, 0.2) is 11.5 Å². The Labute approximate surface area is 169 Å². The molecular weight excluding hydrogens is 378 g/mol. The van der Waals surface area contributed by atoms with Crippen molar-refractivity contribution >= 4 is 40.3 Å². The van der Waals surface area contributed by atoms with E-state index >= 15 is 0 Å². The van der Waals surface area contributed by atoms with E-state index in [0.29, 0.717) is 33.7 Å². The van der Waals surface area contributed by atoms with Crippen molar-refractivity contribution in [2.75, 3.05) is 20.8 Å². The molecule has 140 valence electrons. The molecule has 1 fully saturated rings. The third-order valence-electron chi connectivity index (χ3n) is 4.32. The number of carbonyl (C=O) groups excluding carboxylic acids is 1. The van der Waals surface area contributed by atoms with Crippen molar-refractivity contribution in [2.45, 2.75) is 13.3 Å². The Bertz CT molecular complexity index is 891. The quantitative estimate of drug-likeness (QED) is 0.530. The van der Waals surface area contributed by atoms with E-state index in [4.69, 9.17) is 21.7 Å². The number of aryl methyl sites for hydroxylation is 1. The van der Waals surface area contributed by atoms with Gasteiger partial charge >= 0.3 is 0 Å². The number of hydrogen-bond donors (Lipinski definition) is 0. The van der Waals surface area contributed by atoms with Crippen LogP contribution in [0.2, 0.25) is 0 Å². The minimum absolute atomic E-state index is 0.0361. The first-order chi connectivity index (χ1) is 13.0. The number of carbonyl (C=O) groups is 1.